The molecule has 0 saturated heterocycles. The highest BCUT2D eigenvalue weighted by Crippen LogP contribution is 2.20. The van der Waals surface area contributed by atoms with Gasteiger partial charge in [0.15, 0.2) is 0 Å². The van der Waals surface area contributed by atoms with Gasteiger partial charge in [-0.05, 0) is 29.8 Å². The van der Waals surface area contributed by atoms with Crippen molar-refractivity contribution in [3.05, 3.63) is 60.2 Å². The molecule has 2 heterocycles. The zero-order valence-corrected chi connectivity index (χ0v) is 9.68. The zero-order valence-electron chi connectivity index (χ0n) is 9.68. The maximum Gasteiger partial charge on any atom is 0.137 e. The van der Waals surface area contributed by atoms with Crippen LogP contribution in [0.4, 0.5) is 4.39 Å². The van der Waals surface area contributed by atoms with E-state index in [1.807, 2.05) is 35.0 Å². The minimum atomic E-state index is -0.257. The molecule has 3 rings (SSSR count). The van der Waals surface area contributed by atoms with Crippen LogP contribution in [0.15, 0.2) is 48.8 Å². The Morgan fingerprint density at radius 1 is 1.22 bits per heavy atom. The number of rotatable bonds is 2. The van der Waals surface area contributed by atoms with Gasteiger partial charge in [0.25, 0.3) is 0 Å². The number of imidazole rings is 1. The highest BCUT2D eigenvalue weighted by atomic mass is 19.1. The van der Waals surface area contributed by atoms with Gasteiger partial charge in [-0.25, -0.2) is 9.37 Å². The van der Waals surface area contributed by atoms with Crippen LogP contribution in [0.2, 0.25) is 0 Å². The molecule has 1 aromatic carbocycles. The third kappa shape index (κ3) is 1.87. The molecule has 0 aliphatic carbocycles. The molecule has 3 aromatic rings. The Balaban J connectivity index is 2.13. The molecule has 18 heavy (non-hydrogen) atoms. The van der Waals surface area contributed by atoms with Crippen LogP contribution in [-0.4, -0.2) is 9.38 Å². The summed E-state index contributed by atoms with van der Waals surface area (Å²) in [6.07, 6.45) is 3.79. The van der Waals surface area contributed by atoms with Crippen molar-refractivity contribution in [2.24, 2.45) is 5.73 Å². The fourth-order valence-electron chi connectivity index (χ4n) is 1.94. The van der Waals surface area contributed by atoms with E-state index in [1.54, 1.807) is 6.07 Å². The van der Waals surface area contributed by atoms with Crippen molar-refractivity contribution in [1.29, 1.82) is 0 Å². The second-order valence-corrected chi connectivity index (χ2v) is 4.14. The fourth-order valence-corrected chi connectivity index (χ4v) is 1.94. The van der Waals surface area contributed by atoms with Crippen LogP contribution in [0, 0.1) is 5.82 Å². The Labute approximate surface area is 104 Å². The SMILES string of the molecule is NCc1ccn2cc(-c3cccc(F)c3)nc2c1. The Morgan fingerprint density at radius 2 is 2.11 bits per heavy atom. The molecule has 2 N–H and O–H groups in total. The highest BCUT2D eigenvalue weighted by Gasteiger charge is 2.05. The predicted molar refractivity (Wildman–Crippen MR) is 68.5 cm³/mol. The number of nitrogens with zero attached hydrogens (tertiary/aromatic N) is 2. The summed E-state index contributed by atoms with van der Waals surface area (Å²) in [5.41, 5.74) is 8.96. The second kappa shape index (κ2) is 4.23. The van der Waals surface area contributed by atoms with E-state index in [9.17, 15) is 4.39 Å². The first-order valence-electron chi connectivity index (χ1n) is 5.70. The minimum Gasteiger partial charge on any atom is -0.326 e. The summed E-state index contributed by atoms with van der Waals surface area (Å²) in [7, 11) is 0. The molecule has 0 unspecified atom stereocenters. The molecule has 0 aliphatic rings. The van der Waals surface area contributed by atoms with Gasteiger partial charge in [0.1, 0.15) is 11.5 Å². The maximum absolute atomic E-state index is 13.2. The van der Waals surface area contributed by atoms with Crippen LogP contribution >= 0.6 is 0 Å². The molecule has 0 radical (unpaired) electrons. The van der Waals surface area contributed by atoms with Crippen LogP contribution in [0.1, 0.15) is 5.56 Å². The number of aromatic nitrogens is 2. The van der Waals surface area contributed by atoms with E-state index in [-0.39, 0.29) is 5.82 Å². The van der Waals surface area contributed by atoms with E-state index in [1.165, 1.54) is 12.1 Å². The number of pyridine rings is 1. The molecule has 0 spiro atoms. The van der Waals surface area contributed by atoms with E-state index < -0.39 is 0 Å². The summed E-state index contributed by atoms with van der Waals surface area (Å²) in [5.74, 6) is -0.257. The van der Waals surface area contributed by atoms with Gasteiger partial charge < -0.3 is 10.1 Å². The van der Waals surface area contributed by atoms with Gasteiger partial charge in [-0.15, -0.1) is 0 Å². The lowest BCUT2D eigenvalue weighted by molar-refractivity contribution is 0.628. The molecule has 0 amide bonds. The molecule has 2 aromatic heterocycles. The van der Waals surface area contributed by atoms with Crippen LogP contribution < -0.4 is 5.73 Å². The quantitative estimate of drug-likeness (QED) is 0.749. The van der Waals surface area contributed by atoms with Crippen molar-refractivity contribution in [1.82, 2.24) is 9.38 Å². The number of halogens is 1. The molecule has 0 bridgehead atoms. The van der Waals surface area contributed by atoms with Crippen molar-refractivity contribution < 1.29 is 4.39 Å². The van der Waals surface area contributed by atoms with Gasteiger partial charge in [-0.1, -0.05) is 12.1 Å². The molecular formula is C14H12FN3. The summed E-state index contributed by atoms with van der Waals surface area (Å²) in [6.45, 7) is 0.485. The Kier molecular flexibility index (Phi) is 2.57. The molecule has 4 heteroatoms. The lowest BCUT2D eigenvalue weighted by atomic mass is 10.2. The van der Waals surface area contributed by atoms with E-state index in [4.69, 9.17) is 5.73 Å². The summed E-state index contributed by atoms with van der Waals surface area (Å²) in [5, 5.41) is 0. The summed E-state index contributed by atoms with van der Waals surface area (Å²) in [4.78, 5) is 4.47. The molecule has 90 valence electrons. The lowest BCUT2D eigenvalue weighted by Crippen LogP contribution is -1.96. The zero-order chi connectivity index (χ0) is 12.5. The van der Waals surface area contributed by atoms with Crippen molar-refractivity contribution >= 4 is 5.65 Å². The number of benzene rings is 1. The van der Waals surface area contributed by atoms with Crippen LogP contribution in [0.25, 0.3) is 16.9 Å². The van der Waals surface area contributed by atoms with Crippen molar-refractivity contribution in [3.63, 3.8) is 0 Å². The largest absolute Gasteiger partial charge is 0.326 e. The van der Waals surface area contributed by atoms with Gasteiger partial charge >= 0.3 is 0 Å². The van der Waals surface area contributed by atoms with E-state index in [0.29, 0.717) is 6.54 Å². The molecule has 0 atom stereocenters. The number of fused-ring (bicyclic) bond motifs is 1. The Morgan fingerprint density at radius 3 is 2.89 bits per heavy atom. The van der Waals surface area contributed by atoms with Gasteiger partial charge in [-0.2, -0.15) is 0 Å². The lowest BCUT2D eigenvalue weighted by Gasteiger charge is -1.96. The second-order valence-electron chi connectivity index (χ2n) is 4.14. The molecular weight excluding hydrogens is 229 g/mol. The van der Waals surface area contributed by atoms with E-state index in [0.717, 1.165) is 22.5 Å². The average Bonchev–Trinajstić information content (AvgIpc) is 2.81. The van der Waals surface area contributed by atoms with Crippen molar-refractivity contribution in [3.8, 4) is 11.3 Å². The smallest absolute Gasteiger partial charge is 0.137 e. The highest BCUT2D eigenvalue weighted by molar-refractivity contribution is 5.62. The third-order valence-electron chi connectivity index (χ3n) is 2.88. The van der Waals surface area contributed by atoms with Crippen molar-refractivity contribution in [2.75, 3.05) is 0 Å². The topological polar surface area (TPSA) is 43.3 Å². The molecule has 0 saturated carbocycles. The predicted octanol–water partition coefficient (Wildman–Crippen LogP) is 2.60. The Hall–Kier alpha value is -2.20. The monoisotopic (exact) mass is 241 g/mol. The first kappa shape index (κ1) is 10.9. The number of nitrogens with two attached hydrogens (primary N) is 1. The molecule has 0 fully saturated rings. The van der Waals surface area contributed by atoms with Gasteiger partial charge in [0, 0.05) is 24.5 Å². The van der Waals surface area contributed by atoms with Gasteiger partial charge in [0.2, 0.25) is 0 Å². The first-order chi connectivity index (χ1) is 8.76. The Bertz CT molecular complexity index is 703. The summed E-state index contributed by atoms with van der Waals surface area (Å²) in [6, 6.07) is 10.3. The van der Waals surface area contributed by atoms with E-state index in [2.05, 4.69) is 4.98 Å². The van der Waals surface area contributed by atoms with Crippen LogP contribution in [0.5, 0.6) is 0 Å². The maximum atomic E-state index is 13.2. The number of hydrogen-bond acceptors (Lipinski definition) is 2. The van der Waals surface area contributed by atoms with Gasteiger partial charge in [-0.3, -0.25) is 0 Å². The van der Waals surface area contributed by atoms with Crippen LogP contribution in [-0.2, 0) is 6.54 Å². The van der Waals surface area contributed by atoms with Crippen molar-refractivity contribution in [2.45, 2.75) is 6.54 Å². The third-order valence-corrected chi connectivity index (χ3v) is 2.88. The minimum absolute atomic E-state index is 0.257. The summed E-state index contributed by atoms with van der Waals surface area (Å²) >= 11 is 0. The fraction of sp³-hybridized carbons (Fsp3) is 0.0714. The van der Waals surface area contributed by atoms with Crippen LogP contribution in [0.3, 0.4) is 0 Å². The molecule has 3 nitrogen and oxygen atoms in total. The average molecular weight is 241 g/mol. The standard InChI is InChI=1S/C14H12FN3/c15-12-3-1-2-11(7-12)13-9-18-5-4-10(8-16)6-14(18)17-13/h1-7,9H,8,16H2. The van der Waals surface area contributed by atoms with E-state index >= 15 is 0 Å². The number of hydrogen-bond donors (Lipinski definition) is 1. The summed E-state index contributed by atoms with van der Waals surface area (Å²) < 4.78 is 15.1. The normalized spacial score (nSPS) is 11.0. The van der Waals surface area contributed by atoms with Gasteiger partial charge in [0.05, 0.1) is 5.69 Å². The first-order valence-corrected chi connectivity index (χ1v) is 5.70. The molecule has 0 aliphatic heterocycles.